The molecule has 0 spiro atoms. The third kappa shape index (κ3) is 9.71. The first kappa shape index (κ1) is 38.3. The van der Waals surface area contributed by atoms with Gasteiger partial charge in [-0.05, 0) is 35.7 Å². The summed E-state index contributed by atoms with van der Waals surface area (Å²) >= 11 is -1.86. The first-order valence-electron chi connectivity index (χ1n) is 17.6. The number of benzene rings is 3. The van der Waals surface area contributed by atoms with Gasteiger partial charge in [-0.1, -0.05) is 68.1 Å². The molecule has 0 unspecified atom stereocenters. The van der Waals surface area contributed by atoms with Crippen LogP contribution in [0.25, 0.3) is 55.8 Å². The molecule has 0 atom stereocenters. The molecule has 0 bridgehead atoms. The maximum atomic E-state index is 6.03. The van der Waals surface area contributed by atoms with E-state index in [1.807, 2.05) is 54.7 Å². The maximum Gasteiger partial charge on any atom is 0 e. The van der Waals surface area contributed by atoms with Crippen molar-refractivity contribution in [3.63, 3.8) is 0 Å². The summed E-state index contributed by atoms with van der Waals surface area (Å²) < 4.78 is 7.57. The van der Waals surface area contributed by atoms with Gasteiger partial charge < -0.3 is 9.40 Å². The van der Waals surface area contributed by atoms with Gasteiger partial charge in [-0.25, -0.2) is 4.98 Å². The minimum Gasteiger partial charge on any atom is 0 e. The number of hydrogen-bond donors (Lipinski definition) is 0. The van der Waals surface area contributed by atoms with Crippen LogP contribution in [-0.4, -0.2) is 28.2 Å². The summed E-state index contributed by atoms with van der Waals surface area (Å²) in [6.45, 7) is 11.3. The van der Waals surface area contributed by atoms with Crippen molar-refractivity contribution in [2.75, 3.05) is 0 Å². The van der Waals surface area contributed by atoms with Crippen LogP contribution in [0, 0.1) is 23.5 Å². The molecule has 4 heterocycles. The molecule has 1 radical (unpaired) electrons. The number of fused-ring (bicyclic) bond motifs is 3. The second-order valence-electron chi connectivity index (χ2n) is 15.8. The molecule has 0 N–H and O–H groups in total. The molecule has 7 aromatic rings. The van der Waals surface area contributed by atoms with E-state index >= 15 is 0 Å². The number of rotatable bonds is 7. The first-order valence-corrected chi connectivity index (χ1v) is 24.9. The van der Waals surface area contributed by atoms with Gasteiger partial charge in [-0.3, -0.25) is 0 Å². The average Bonchev–Trinajstić information content (AvgIpc) is 3.45. The van der Waals surface area contributed by atoms with Crippen LogP contribution < -0.4 is 4.40 Å². The maximum absolute atomic E-state index is 6.03. The van der Waals surface area contributed by atoms with Gasteiger partial charge in [-0.2, -0.15) is 0 Å². The van der Waals surface area contributed by atoms with Crippen molar-refractivity contribution in [2.24, 2.45) is 11.3 Å². The Hall–Kier alpha value is -3.90. The topological polar surface area (TPSA) is 51.8 Å². The number of aromatic nitrogens is 3. The van der Waals surface area contributed by atoms with E-state index in [1.165, 1.54) is 11.1 Å². The molecular weight excluding hydrogens is 863 g/mol. The Kier molecular flexibility index (Phi) is 12.2. The molecular formula is C45H47GeIrN3O-2. The minimum atomic E-state index is -1.86. The molecule has 4 nitrogen and oxygen atoms in total. The van der Waals surface area contributed by atoms with Crippen LogP contribution >= 0.6 is 0 Å². The van der Waals surface area contributed by atoms with Crippen LogP contribution in [0.5, 0.6) is 0 Å². The van der Waals surface area contributed by atoms with E-state index in [0.29, 0.717) is 11.6 Å². The second kappa shape index (κ2) is 16.2. The number of pyridine rings is 3. The van der Waals surface area contributed by atoms with Crippen molar-refractivity contribution in [1.29, 1.82) is 0 Å². The summed E-state index contributed by atoms with van der Waals surface area (Å²) in [7, 11) is 0. The van der Waals surface area contributed by atoms with Crippen molar-refractivity contribution in [3.05, 3.63) is 133 Å². The van der Waals surface area contributed by atoms with E-state index in [1.54, 1.807) is 4.40 Å². The van der Waals surface area contributed by atoms with Crippen molar-refractivity contribution in [2.45, 2.75) is 64.7 Å². The van der Waals surface area contributed by atoms with Crippen LogP contribution in [0.3, 0.4) is 0 Å². The summed E-state index contributed by atoms with van der Waals surface area (Å²) in [5.41, 5.74) is 10.5. The zero-order chi connectivity index (χ0) is 35.5. The fourth-order valence-electron chi connectivity index (χ4n) is 6.34. The normalized spacial score (nSPS) is 11.7. The van der Waals surface area contributed by atoms with Crippen molar-refractivity contribution < 1.29 is 24.5 Å². The van der Waals surface area contributed by atoms with Crippen LogP contribution in [0.1, 0.15) is 45.7 Å². The summed E-state index contributed by atoms with van der Waals surface area (Å²) in [5, 5.41) is 2.04. The van der Waals surface area contributed by atoms with Gasteiger partial charge >= 0.3 is 126 Å². The van der Waals surface area contributed by atoms with E-state index in [0.717, 1.165) is 63.0 Å². The Labute approximate surface area is 319 Å². The van der Waals surface area contributed by atoms with Crippen molar-refractivity contribution in [1.82, 2.24) is 15.0 Å². The molecule has 0 saturated heterocycles. The standard InChI is InChI=1S/C27H23N2O.C18H24GeN.Ir/c1-27(2,3)17-18-13-14-28-24(15-18)20-9-12-25-22(16-20)21-10-11-23(29-26(21)30-25)19-7-5-4-6-8-19;1-14(2)11-16-12-18(15-9-7-6-8-10-15)20-13-17(16)19(3,4)5;/h4-8,10-16H,17H2,1-3H3;6-9,12-14H,11H2,1-5H3;/q2*-1;. The molecule has 0 aliphatic carbocycles. The first-order chi connectivity index (χ1) is 23.8. The van der Waals surface area contributed by atoms with Crippen molar-refractivity contribution in [3.8, 4) is 33.8 Å². The number of hydrogen-bond acceptors (Lipinski definition) is 4. The average molecular weight is 911 g/mol. The summed E-state index contributed by atoms with van der Waals surface area (Å²) in [4.78, 5) is 14.0. The summed E-state index contributed by atoms with van der Waals surface area (Å²) in [5.74, 6) is 7.99. The zero-order valence-corrected chi connectivity index (χ0v) is 35.5. The Bertz CT molecular complexity index is 2220. The van der Waals surface area contributed by atoms with E-state index in [2.05, 4.69) is 124 Å². The monoisotopic (exact) mass is 912 g/mol. The molecule has 0 saturated carbocycles. The minimum absolute atomic E-state index is 0. The quantitative estimate of drug-likeness (QED) is 0.118. The van der Waals surface area contributed by atoms with E-state index in [4.69, 9.17) is 14.4 Å². The Morgan fingerprint density at radius 1 is 0.765 bits per heavy atom. The van der Waals surface area contributed by atoms with E-state index < -0.39 is 13.3 Å². The van der Waals surface area contributed by atoms with Gasteiger partial charge in [0.2, 0.25) is 5.71 Å². The van der Waals surface area contributed by atoms with Gasteiger partial charge in [-0.15, -0.1) is 23.8 Å². The fourth-order valence-corrected chi connectivity index (χ4v) is 9.68. The van der Waals surface area contributed by atoms with Gasteiger partial charge in [0, 0.05) is 37.3 Å². The van der Waals surface area contributed by atoms with E-state index in [9.17, 15) is 0 Å². The Balaban J connectivity index is 0.000000211. The predicted octanol–water partition coefficient (Wildman–Crippen LogP) is 11.4. The third-order valence-electron chi connectivity index (χ3n) is 8.59. The molecule has 3 aromatic carbocycles. The van der Waals surface area contributed by atoms with Gasteiger partial charge in [0.1, 0.15) is 0 Å². The molecule has 263 valence electrons. The fraction of sp³-hybridized carbons (Fsp3) is 0.267. The zero-order valence-electron chi connectivity index (χ0n) is 31.0. The van der Waals surface area contributed by atoms with Crippen LogP contribution in [0.2, 0.25) is 17.3 Å². The molecule has 0 aliphatic heterocycles. The number of nitrogens with zero attached hydrogens (tertiary/aromatic N) is 3. The second-order valence-corrected chi connectivity index (χ2v) is 26.4. The Morgan fingerprint density at radius 3 is 2.20 bits per heavy atom. The summed E-state index contributed by atoms with van der Waals surface area (Å²) in [6, 6.07) is 39.5. The van der Waals surface area contributed by atoms with E-state index in [-0.39, 0.29) is 25.5 Å². The largest absolute Gasteiger partial charge is 0 e. The SMILES string of the molecule is CC(C)(C)Cc1ccnc(-c2[c-]cc3oc4nc(-c5ccccc5)ccc4c3c2)c1.CC(C)Cc1cc(-c2[c-]cccc2)nc[c]1[Ge]([CH3])([CH3])[CH3].[Ir]. The predicted molar refractivity (Wildman–Crippen MR) is 212 cm³/mol. The molecule has 6 heteroatoms. The van der Waals surface area contributed by atoms with Gasteiger partial charge in [0.25, 0.3) is 0 Å². The van der Waals surface area contributed by atoms with Crippen LogP contribution in [0.15, 0.2) is 114 Å². The van der Waals surface area contributed by atoms with Gasteiger partial charge in [0.15, 0.2) is 0 Å². The molecule has 4 aromatic heterocycles. The molecule has 51 heavy (non-hydrogen) atoms. The molecule has 0 fully saturated rings. The van der Waals surface area contributed by atoms with Crippen LogP contribution in [0.4, 0.5) is 0 Å². The smallest absolute Gasteiger partial charge is 0 e. The molecule has 7 rings (SSSR count). The summed E-state index contributed by atoms with van der Waals surface area (Å²) in [6.07, 6.45) is 6.16. The van der Waals surface area contributed by atoms with Crippen molar-refractivity contribution >= 4 is 39.7 Å². The number of furan rings is 1. The Morgan fingerprint density at radius 2 is 1.51 bits per heavy atom. The molecule has 0 amide bonds. The van der Waals surface area contributed by atoms with Gasteiger partial charge in [0.05, 0.1) is 11.3 Å². The van der Waals surface area contributed by atoms with Crippen LogP contribution in [-0.2, 0) is 32.9 Å². The third-order valence-corrected chi connectivity index (χ3v) is 12.9. The molecule has 0 aliphatic rings.